The topological polar surface area (TPSA) is 38.7 Å². The predicted octanol–water partition coefficient (Wildman–Crippen LogP) is 2.51. The van der Waals surface area contributed by atoms with Crippen molar-refractivity contribution in [3.05, 3.63) is 0 Å². The monoisotopic (exact) mass is 242 g/mol. The molecule has 0 spiro atoms. The van der Waals surface area contributed by atoms with Gasteiger partial charge in [0.05, 0.1) is 18.3 Å². The summed E-state index contributed by atoms with van der Waals surface area (Å²) in [5.41, 5.74) is 0. The number of aliphatic hydroxyl groups excluding tert-OH is 1. The molecule has 0 saturated carbocycles. The van der Waals surface area contributed by atoms with Crippen LogP contribution in [0.1, 0.15) is 51.9 Å². The van der Waals surface area contributed by atoms with Crippen molar-refractivity contribution in [3.8, 4) is 0 Å². The van der Waals surface area contributed by atoms with Crippen LogP contribution in [0.3, 0.4) is 0 Å². The molecule has 17 heavy (non-hydrogen) atoms. The van der Waals surface area contributed by atoms with E-state index in [-0.39, 0.29) is 12.2 Å². The van der Waals surface area contributed by atoms with E-state index in [0.717, 1.165) is 38.9 Å². The molecule has 4 atom stereocenters. The summed E-state index contributed by atoms with van der Waals surface area (Å²) >= 11 is 0. The molecule has 0 radical (unpaired) electrons. The van der Waals surface area contributed by atoms with E-state index in [4.69, 9.17) is 9.47 Å². The van der Waals surface area contributed by atoms with Crippen LogP contribution in [0.4, 0.5) is 0 Å². The molecule has 2 heterocycles. The van der Waals surface area contributed by atoms with Crippen LogP contribution < -0.4 is 0 Å². The van der Waals surface area contributed by atoms with E-state index in [2.05, 4.69) is 6.92 Å². The lowest BCUT2D eigenvalue weighted by Gasteiger charge is -2.32. The van der Waals surface area contributed by atoms with E-state index < -0.39 is 0 Å². The molecule has 4 unspecified atom stereocenters. The molecule has 3 nitrogen and oxygen atoms in total. The summed E-state index contributed by atoms with van der Waals surface area (Å²) in [6, 6.07) is 0. The highest BCUT2D eigenvalue weighted by molar-refractivity contribution is 4.78. The number of ether oxygens (including phenoxy) is 2. The van der Waals surface area contributed by atoms with Crippen molar-refractivity contribution in [2.24, 2.45) is 5.92 Å². The molecule has 2 rings (SSSR count). The lowest BCUT2D eigenvalue weighted by Crippen LogP contribution is -2.36. The summed E-state index contributed by atoms with van der Waals surface area (Å²) in [6.45, 7) is 3.91. The Morgan fingerprint density at radius 2 is 1.59 bits per heavy atom. The lowest BCUT2D eigenvalue weighted by atomic mass is 9.89. The Morgan fingerprint density at radius 1 is 1.00 bits per heavy atom. The average Bonchev–Trinajstić information content (AvgIpc) is 2.40. The second-order valence-electron chi connectivity index (χ2n) is 5.59. The summed E-state index contributed by atoms with van der Waals surface area (Å²) in [6.07, 6.45) is 7.88. The summed E-state index contributed by atoms with van der Waals surface area (Å²) in [7, 11) is 0. The van der Waals surface area contributed by atoms with Gasteiger partial charge in [-0.25, -0.2) is 0 Å². The molecule has 0 aromatic heterocycles. The molecule has 0 aliphatic carbocycles. The number of rotatable bonds is 4. The normalized spacial score (nSPS) is 34.2. The molecule has 2 saturated heterocycles. The predicted molar refractivity (Wildman–Crippen MR) is 67.0 cm³/mol. The first-order valence-corrected chi connectivity index (χ1v) is 7.18. The van der Waals surface area contributed by atoms with Gasteiger partial charge in [0.15, 0.2) is 0 Å². The largest absolute Gasteiger partial charge is 0.390 e. The van der Waals surface area contributed by atoms with Gasteiger partial charge in [-0.3, -0.25) is 0 Å². The maximum absolute atomic E-state index is 10.2. The van der Waals surface area contributed by atoms with Crippen LogP contribution in [0.15, 0.2) is 0 Å². The van der Waals surface area contributed by atoms with Crippen molar-refractivity contribution < 1.29 is 14.6 Å². The van der Waals surface area contributed by atoms with E-state index in [0.29, 0.717) is 12.0 Å². The third-order valence-corrected chi connectivity index (χ3v) is 4.11. The van der Waals surface area contributed by atoms with Crippen LogP contribution in [0.5, 0.6) is 0 Å². The molecule has 0 bridgehead atoms. The Bertz CT molecular complexity index is 186. The Kier molecular flexibility index (Phi) is 5.26. The van der Waals surface area contributed by atoms with Gasteiger partial charge >= 0.3 is 0 Å². The minimum Gasteiger partial charge on any atom is -0.390 e. The molecular formula is C14H26O3. The zero-order valence-corrected chi connectivity index (χ0v) is 10.9. The van der Waals surface area contributed by atoms with E-state index in [9.17, 15) is 5.11 Å². The molecule has 0 amide bonds. The molecular weight excluding hydrogens is 216 g/mol. The van der Waals surface area contributed by atoms with Crippen LogP contribution in [-0.4, -0.2) is 36.6 Å². The Balaban J connectivity index is 1.74. The van der Waals surface area contributed by atoms with Gasteiger partial charge in [-0.2, -0.15) is 0 Å². The van der Waals surface area contributed by atoms with Gasteiger partial charge in [0.1, 0.15) is 0 Å². The molecule has 2 fully saturated rings. The first kappa shape index (κ1) is 13.3. The van der Waals surface area contributed by atoms with E-state index in [1.165, 1.54) is 19.3 Å². The van der Waals surface area contributed by atoms with Gasteiger partial charge in [-0.05, 0) is 50.9 Å². The van der Waals surface area contributed by atoms with Crippen molar-refractivity contribution in [3.63, 3.8) is 0 Å². The number of hydrogen-bond donors (Lipinski definition) is 1. The van der Waals surface area contributed by atoms with Crippen LogP contribution in [-0.2, 0) is 9.47 Å². The SMILES string of the molecule is CC(CC(O)C1CCCCO1)C1CCCCO1. The van der Waals surface area contributed by atoms with Crippen molar-refractivity contribution in [2.45, 2.75) is 70.2 Å². The fraction of sp³-hybridized carbons (Fsp3) is 1.00. The van der Waals surface area contributed by atoms with Gasteiger partial charge in [0.2, 0.25) is 0 Å². The summed E-state index contributed by atoms with van der Waals surface area (Å²) in [5.74, 6) is 0.441. The van der Waals surface area contributed by atoms with Crippen molar-refractivity contribution in [2.75, 3.05) is 13.2 Å². The molecule has 0 aromatic carbocycles. The van der Waals surface area contributed by atoms with E-state index in [1.807, 2.05) is 0 Å². The smallest absolute Gasteiger partial charge is 0.0834 e. The Labute approximate surface area is 104 Å². The van der Waals surface area contributed by atoms with Crippen LogP contribution in [0, 0.1) is 5.92 Å². The van der Waals surface area contributed by atoms with Crippen LogP contribution in [0.25, 0.3) is 0 Å². The van der Waals surface area contributed by atoms with E-state index >= 15 is 0 Å². The number of hydrogen-bond acceptors (Lipinski definition) is 3. The molecule has 100 valence electrons. The number of aliphatic hydroxyl groups is 1. The molecule has 1 N–H and O–H groups in total. The highest BCUT2D eigenvalue weighted by atomic mass is 16.5. The highest BCUT2D eigenvalue weighted by Crippen LogP contribution is 2.26. The molecule has 2 aliphatic rings. The molecule has 2 aliphatic heterocycles. The highest BCUT2D eigenvalue weighted by Gasteiger charge is 2.28. The summed E-state index contributed by atoms with van der Waals surface area (Å²) < 4.78 is 11.4. The van der Waals surface area contributed by atoms with Gasteiger partial charge in [0, 0.05) is 13.2 Å². The van der Waals surface area contributed by atoms with E-state index in [1.54, 1.807) is 0 Å². The first-order valence-electron chi connectivity index (χ1n) is 7.18. The third kappa shape index (κ3) is 3.94. The standard InChI is InChI=1S/C14H26O3/c1-11(13-6-2-4-8-16-13)10-12(15)14-7-3-5-9-17-14/h11-15H,2-10H2,1H3. The first-order chi connectivity index (χ1) is 8.27. The van der Waals surface area contributed by atoms with Gasteiger partial charge in [-0.15, -0.1) is 0 Å². The zero-order chi connectivity index (χ0) is 12.1. The van der Waals surface area contributed by atoms with Crippen molar-refractivity contribution in [1.29, 1.82) is 0 Å². The second-order valence-corrected chi connectivity index (χ2v) is 5.59. The average molecular weight is 242 g/mol. The zero-order valence-electron chi connectivity index (χ0n) is 10.9. The minimum atomic E-state index is -0.309. The summed E-state index contributed by atoms with van der Waals surface area (Å²) in [5, 5.41) is 10.2. The third-order valence-electron chi connectivity index (χ3n) is 4.11. The fourth-order valence-electron chi connectivity index (χ4n) is 2.97. The van der Waals surface area contributed by atoms with Gasteiger partial charge in [-0.1, -0.05) is 6.92 Å². The molecule has 3 heteroatoms. The van der Waals surface area contributed by atoms with Crippen molar-refractivity contribution >= 4 is 0 Å². The van der Waals surface area contributed by atoms with Crippen LogP contribution in [0.2, 0.25) is 0 Å². The maximum Gasteiger partial charge on any atom is 0.0834 e. The fourth-order valence-corrected chi connectivity index (χ4v) is 2.97. The maximum atomic E-state index is 10.2. The van der Waals surface area contributed by atoms with Crippen LogP contribution >= 0.6 is 0 Å². The van der Waals surface area contributed by atoms with Gasteiger partial charge in [0.25, 0.3) is 0 Å². The second kappa shape index (κ2) is 6.72. The Morgan fingerprint density at radius 3 is 2.12 bits per heavy atom. The van der Waals surface area contributed by atoms with Gasteiger partial charge < -0.3 is 14.6 Å². The lowest BCUT2D eigenvalue weighted by molar-refractivity contribution is -0.0836. The quantitative estimate of drug-likeness (QED) is 0.823. The Hall–Kier alpha value is -0.120. The minimum absolute atomic E-state index is 0.0646. The molecule has 0 aromatic rings. The van der Waals surface area contributed by atoms with Crippen molar-refractivity contribution in [1.82, 2.24) is 0 Å². The summed E-state index contributed by atoms with van der Waals surface area (Å²) in [4.78, 5) is 0.